The van der Waals surface area contributed by atoms with Gasteiger partial charge in [0, 0.05) is 11.8 Å². The molecule has 0 bridgehead atoms. The Kier molecular flexibility index (Phi) is 4.41. The van der Waals surface area contributed by atoms with E-state index in [0.29, 0.717) is 23.0 Å². The number of nitrogens with zero attached hydrogens (tertiary/aromatic N) is 4. The molecule has 7 heteroatoms. The number of aromatic nitrogens is 4. The van der Waals surface area contributed by atoms with E-state index in [4.69, 9.17) is 9.47 Å². The Morgan fingerprint density at radius 1 is 1.29 bits per heavy atom. The molecule has 0 aliphatic carbocycles. The SMILES string of the molecule is CCCc1cc(Oc2cc(C(=O)OC)ccc2C)n2ncnc2n1. The van der Waals surface area contributed by atoms with Gasteiger partial charge in [-0.25, -0.2) is 9.78 Å². The zero-order chi connectivity index (χ0) is 17.1. The van der Waals surface area contributed by atoms with Gasteiger partial charge in [0.2, 0.25) is 5.88 Å². The van der Waals surface area contributed by atoms with Crippen molar-refractivity contribution in [2.24, 2.45) is 0 Å². The van der Waals surface area contributed by atoms with Crippen LogP contribution in [0.4, 0.5) is 0 Å². The standard InChI is InChI=1S/C17H18N4O3/c1-4-5-13-9-15(21-17(20-13)18-10-19-21)24-14-8-12(16(22)23-3)7-6-11(14)2/h6-10H,4-5H2,1-3H3. The average Bonchev–Trinajstić information content (AvgIpc) is 3.05. The summed E-state index contributed by atoms with van der Waals surface area (Å²) in [6, 6.07) is 7.02. The Balaban J connectivity index is 2.03. The highest BCUT2D eigenvalue weighted by molar-refractivity contribution is 5.89. The molecule has 1 aromatic carbocycles. The summed E-state index contributed by atoms with van der Waals surface area (Å²) in [6.45, 7) is 3.99. The van der Waals surface area contributed by atoms with Gasteiger partial charge in [0.05, 0.1) is 12.7 Å². The first kappa shape index (κ1) is 15.9. The van der Waals surface area contributed by atoms with E-state index < -0.39 is 5.97 Å². The minimum Gasteiger partial charge on any atom is -0.465 e. The smallest absolute Gasteiger partial charge is 0.337 e. The van der Waals surface area contributed by atoms with Crippen molar-refractivity contribution >= 4 is 11.7 Å². The molecule has 2 aromatic heterocycles. The molecule has 124 valence electrons. The molecule has 24 heavy (non-hydrogen) atoms. The van der Waals surface area contributed by atoms with Crippen molar-refractivity contribution in [2.75, 3.05) is 7.11 Å². The highest BCUT2D eigenvalue weighted by Gasteiger charge is 2.13. The second-order valence-corrected chi connectivity index (χ2v) is 5.38. The molecule has 0 N–H and O–H groups in total. The lowest BCUT2D eigenvalue weighted by Crippen LogP contribution is -2.04. The van der Waals surface area contributed by atoms with Crippen LogP contribution >= 0.6 is 0 Å². The number of carbonyl (C=O) groups is 1. The van der Waals surface area contributed by atoms with Gasteiger partial charge in [-0.15, -0.1) is 0 Å². The summed E-state index contributed by atoms with van der Waals surface area (Å²) in [7, 11) is 1.35. The van der Waals surface area contributed by atoms with Gasteiger partial charge in [0.1, 0.15) is 12.1 Å². The van der Waals surface area contributed by atoms with E-state index in [1.807, 2.05) is 19.1 Å². The van der Waals surface area contributed by atoms with Crippen molar-refractivity contribution in [3.05, 3.63) is 47.4 Å². The van der Waals surface area contributed by atoms with E-state index in [1.54, 1.807) is 12.1 Å². The minimum atomic E-state index is -0.410. The average molecular weight is 326 g/mol. The van der Waals surface area contributed by atoms with Crippen LogP contribution in [0.1, 0.15) is 35.0 Å². The number of hydrogen-bond acceptors (Lipinski definition) is 6. The Morgan fingerprint density at radius 2 is 2.12 bits per heavy atom. The molecule has 0 unspecified atom stereocenters. The van der Waals surface area contributed by atoms with Gasteiger partial charge in [-0.05, 0) is 31.0 Å². The molecule has 0 amide bonds. The molecule has 2 heterocycles. The fourth-order valence-electron chi connectivity index (χ4n) is 2.36. The van der Waals surface area contributed by atoms with Crippen molar-refractivity contribution < 1.29 is 14.3 Å². The first-order valence-corrected chi connectivity index (χ1v) is 7.69. The van der Waals surface area contributed by atoms with E-state index in [1.165, 1.54) is 18.0 Å². The first-order chi connectivity index (χ1) is 11.6. The number of aryl methyl sites for hydroxylation is 2. The zero-order valence-electron chi connectivity index (χ0n) is 13.8. The molecule has 0 saturated heterocycles. The number of carbonyl (C=O) groups excluding carboxylic acids is 1. The lowest BCUT2D eigenvalue weighted by Gasteiger charge is -2.12. The fourth-order valence-corrected chi connectivity index (χ4v) is 2.36. The molecule has 0 fully saturated rings. The lowest BCUT2D eigenvalue weighted by molar-refractivity contribution is 0.0600. The second kappa shape index (κ2) is 6.66. The Bertz CT molecular complexity index is 889. The van der Waals surface area contributed by atoms with Crippen LogP contribution in [-0.4, -0.2) is 32.7 Å². The molecule has 0 aliphatic heterocycles. The van der Waals surface area contributed by atoms with Gasteiger partial charge in [-0.3, -0.25) is 0 Å². The van der Waals surface area contributed by atoms with E-state index in [-0.39, 0.29) is 0 Å². The second-order valence-electron chi connectivity index (χ2n) is 5.38. The van der Waals surface area contributed by atoms with Crippen molar-refractivity contribution in [2.45, 2.75) is 26.7 Å². The van der Waals surface area contributed by atoms with Gasteiger partial charge in [-0.1, -0.05) is 19.4 Å². The highest BCUT2D eigenvalue weighted by atomic mass is 16.5. The highest BCUT2D eigenvalue weighted by Crippen LogP contribution is 2.27. The van der Waals surface area contributed by atoms with Crippen LogP contribution in [0.3, 0.4) is 0 Å². The Labute approximate surface area is 139 Å². The van der Waals surface area contributed by atoms with Crippen LogP contribution in [0.2, 0.25) is 0 Å². The number of methoxy groups -OCH3 is 1. The topological polar surface area (TPSA) is 78.6 Å². The summed E-state index contributed by atoms with van der Waals surface area (Å²) in [5, 5.41) is 4.15. The summed E-state index contributed by atoms with van der Waals surface area (Å²) in [5.74, 6) is 1.14. The Morgan fingerprint density at radius 3 is 2.88 bits per heavy atom. The number of esters is 1. The van der Waals surface area contributed by atoms with Crippen LogP contribution in [-0.2, 0) is 11.2 Å². The molecular formula is C17H18N4O3. The summed E-state index contributed by atoms with van der Waals surface area (Å²) in [6.07, 6.45) is 3.22. The third-order valence-electron chi connectivity index (χ3n) is 3.60. The van der Waals surface area contributed by atoms with E-state index in [9.17, 15) is 4.79 Å². The van der Waals surface area contributed by atoms with E-state index in [2.05, 4.69) is 22.0 Å². The number of hydrogen-bond donors (Lipinski definition) is 0. The third kappa shape index (κ3) is 3.05. The lowest BCUT2D eigenvalue weighted by atomic mass is 10.1. The molecule has 7 nitrogen and oxygen atoms in total. The van der Waals surface area contributed by atoms with Gasteiger partial charge >= 0.3 is 5.97 Å². The van der Waals surface area contributed by atoms with Crippen molar-refractivity contribution in [1.82, 2.24) is 19.6 Å². The first-order valence-electron chi connectivity index (χ1n) is 7.69. The number of rotatable bonds is 5. The largest absolute Gasteiger partial charge is 0.465 e. The Hall–Kier alpha value is -2.96. The van der Waals surface area contributed by atoms with Gasteiger partial charge in [0.15, 0.2) is 0 Å². The summed E-state index contributed by atoms with van der Waals surface area (Å²) in [4.78, 5) is 20.3. The van der Waals surface area contributed by atoms with E-state index >= 15 is 0 Å². The normalized spacial score (nSPS) is 10.8. The monoisotopic (exact) mass is 326 g/mol. The molecule has 0 atom stereocenters. The molecule has 3 rings (SSSR count). The van der Waals surface area contributed by atoms with Crippen LogP contribution in [0.25, 0.3) is 5.78 Å². The van der Waals surface area contributed by atoms with Crippen LogP contribution < -0.4 is 4.74 Å². The maximum Gasteiger partial charge on any atom is 0.337 e. The predicted molar refractivity (Wildman–Crippen MR) is 87.4 cm³/mol. The quantitative estimate of drug-likeness (QED) is 0.671. The minimum absolute atomic E-state index is 0.410. The summed E-state index contributed by atoms with van der Waals surface area (Å²) >= 11 is 0. The van der Waals surface area contributed by atoms with Gasteiger partial charge in [-0.2, -0.15) is 14.6 Å². The molecular weight excluding hydrogens is 308 g/mol. The maximum atomic E-state index is 11.7. The van der Waals surface area contributed by atoms with Crippen molar-refractivity contribution in [1.29, 1.82) is 0 Å². The molecule has 0 radical (unpaired) electrons. The van der Waals surface area contributed by atoms with Gasteiger partial charge in [0.25, 0.3) is 5.78 Å². The van der Waals surface area contributed by atoms with Crippen molar-refractivity contribution in [3.8, 4) is 11.6 Å². The molecule has 0 spiro atoms. The van der Waals surface area contributed by atoms with E-state index in [0.717, 1.165) is 24.1 Å². The fraction of sp³-hybridized carbons (Fsp3) is 0.294. The number of fused-ring (bicyclic) bond motifs is 1. The zero-order valence-corrected chi connectivity index (χ0v) is 13.8. The molecule has 0 saturated carbocycles. The number of ether oxygens (including phenoxy) is 2. The van der Waals surface area contributed by atoms with Gasteiger partial charge < -0.3 is 9.47 Å². The van der Waals surface area contributed by atoms with Crippen LogP contribution in [0.5, 0.6) is 11.6 Å². The predicted octanol–water partition coefficient (Wildman–Crippen LogP) is 2.96. The summed E-state index contributed by atoms with van der Waals surface area (Å²) < 4.78 is 12.3. The van der Waals surface area contributed by atoms with Crippen LogP contribution in [0.15, 0.2) is 30.6 Å². The van der Waals surface area contributed by atoms with Crippen molar-refractivity contribution in [3.63, 3.8) is 0 Å². The summed E-state index contributed by atoms with van der Waals surface area (Å²) in [5.41, 5.74) is 2.20. The van der Waals surface area contributed by atoms with Crippen LogP contribution in [0, 0.1) is 6.92 Å². The third-order valence-corrected chi connectivity index (χ3v) is 3.60. The maximum absolute atomic E-state index is 11.7. The molecule has 3 aromatic rings. The molecule has 0 aliphatic rings. The number of benzene rings is 1.